The summed E-state index contributed by atoms with van der Waals surface area (Å²) in [6.07, 6.45) is 0. The van der Waals surface area contributed by atoms with Gasteiger partial charge in [0.15, 0.2) is 0 Å². The fourth-order valence-corrected chi connectivity index (χ4v) is 1.85. The maximum Gasteiger partial charge on any atom is 0.230 e. The number of amides is 1. The first-order valence-corrected chi connectivity index (χ1v) is 6.44. The molecule has 76 valence electrons. The van der Waals surface area contributed by atoms with Crippen LogP contribution in [-0.2, 0) is 4.79 Å². The van der Waals surface area contributed by atoms with Crippen molar-refractivity contribution in [2.75, 3.05) is 17.6 Å². The normalized spacial score (nSPS) is 9.79. The van der Waals surface area contributed by atoms with Crippen molar-refractivity contribution in [1.82, 2.24) is 5.32 Å². The summed E-state index contributed by atoms with van der Waals surface area (Å²) < 4.78 is 0. The second-order valence-electron chi connectivity index (χ2n) is 2.64. The summed E-state index contributed by atoms with van der Waals surface area (Å²) in [5, 5.41) is 3.60. The van der Waals surface area contributed by atoms with Crippen LogP contribution in [0.1, 0.15) is 0 Å². The maximum absolute atomic E-state index is 11.2. The second-order valence-corrected chi connectivity index (χ2v) is 4.48. The van der Waals surface area contributed by atoms with E-state index in [4.69, 9.17) is 0 Å². The Morgan fingerprint density at radius 1 is 1.36 bits per heavy atom. The quantitative estimate of drug-likeness (QED) is 0.659. The van der Waals surface area contributed by atoms with Gasteiger partial charge in [-0.15, -0.1) is 11.8 Å². The molecule has 0 fully saturated rings. The van der Waals surface area contributed by atoms with Crippen molar-refractivity contribution >= 4 is 33.6 Å². The lowest BCUT2D eigenvalue weighted by Gasteiger charge is -2.02. The summed E-state index contributed by atoms with van der Waals surface area (Å²) in [5.74, 6) is 0.565. The fourth-order valence-electron chi connectivity index (χ4n) is 0.903. The number of hydrogen-bond donors (Lipinski definition) is 1. The molecule has 0 atom stereocenters. The molecule has 0 saturated heterocycles. The Hall–Kier alpha value is -0.480. The topological polar surface area (TPSA) is 29.1 Å². The molecule has 1 rings (SSSR count). The highest BCUT2D eigenvalue weighted by Gasteiger charge is 2.00. The van der Waals surface area contributed by atoms with Crippen LogP contribution in [0.15, 0.2) is 35.2 Å². The van der Waals surface area contributed by atoms with Crippen LogP contribution in [-0.4, -0.2) is 23.5 Å². The predicted molar refractivity (Wildman–Crippen MR) is 64.0 cm³/mol. The van der Waals surface area contributed by atoms with Gasteiger partial charge in [-0.3, -0.25) is 4.79 Å². The highest BCUT2D eigenvalue weighted by atomic mass is 79.9. The molecule has 0 radical (unpaired) electrons. The van der Waals surface area contributed by atoms with E-state index in [2.05, 4.69) is 21.2 Å². The van der Waals surface area contributed by atoms with Crippen LogP contribution in [0.4, 0.5) is 0 Å². The average Bonchev–Trinajstić information content (AvgIpc) is 2.25. The molecular formula is C10H12BrNOS. The molecule has 0 heterocycles. The lowest BCUT2D eigenvalue weighted by Crippen LogP contribution is -2.26. The molecule has 1 N–H and O–H groups in total. The standard InChI is InChI=1S/C10H12BrNOS/c11-6-7-12-10(13)8-14-9-4-2-1-3-5-9/h1-5H,6-8H2,(H,12,13). The largest absolute Gasteiger partial charge is 0.355 e. The molecule has 2 nitrogen and oxygen atoms in total. The van der Waals surface area contributed by atoms with Crippen LogP contribution >= 0.6 is 27.7 Å². The van der Waals surface area contributed by atoms with Gasteiger partial charge in [0.1, 0.15) is 0 Å². The van der Waals surface area contributed by atoms with Crippen molar-refractivity contribution < 1.29 is 4.79 Å². The molecular weight excluding hydrogens is 262 g/mol. The molecule has 1 amide bonds. The van der Waals surface area contributed by atoms with Crippen molar-refractivity contribution in [3.05, 3.63) is 30.3 Å². The van der Waals surface area contributed by atoms with Crippen molar-refractivity contribution in [2.24, 2.45) is 0 Å². The van der Waals surface area contributed by atoms with E-state index in [9.17, 15) is 4.79 Å². The van der Waals surface area contributed by atoms with Crippen LogP contribution in [0.5, 0.6) is 0 Å². The molecule has 0 aliphatic heterocycles. The van der Waals surface area contributed by atoms with Crippen LogP contribution in [0.3, 0.4) is 0 Å². The summed E-state index contributed by atoms with van der Waals surface area (Å²) in [7, 11) is 0. The molecule has 0 aliphatic rings. The highest BCUT2D eigenvalue weighted by molar-refractivity contribution is 9.09. The van der Waals surface area contributed by atoms with Crippen LogP contribution < -0.4 is 5.32 Å². The smallest absolute Gasteiger partial charge is 0.230 e. The zero-order valence-corrected chi connectivity index (χ0v) is 10.1. The van der Waals surface area contributed by atoms with Gasteiger partial charge in [-0.1, -0.05) is 34.1 Å². The molecule has 1 aromatic rings. The Morgan fingerprint density at radius 3 is 2.71 bits per heavy atom. The third-order valence-electron chi connectivity index (χ3n) is 1.53. The number of hydrogen-bond acceptors (Lipinski definition) is 2. The number of thioether (sulfide) groups is 1. The number of carbonyl (C=O) groups excluding carboxylic acids is 1. The van der Waals surface area contributed by atoms with E-state index in [0.717, 1.165) is 10.2 Å². The van der Waals surface area contributed by atoms with E-state index >= 15 is 0 Å². The number of nitrogens with one attached hydrogen (secondary N) is 1. The summed E-state index contributed by atoms with van der Waals surface area (Å²) in [4.78, 5) is 12.3. The van der Waals surface area contributed by atoms with Crippen LogP contribution in [0.25, 0.3) is 0 Å². The van der Waals surface area contributed by atoms with Crippen molar-refractivity contribution in [3.63, 3.8) is 0 Å². The molecule has 0 spiro atoms. The lowest BCUT2D eigenvalue weighted by atomic mass is 10.4. The van der Waals surface area contributed by atoms with E-state index in [1.165, 1.54) is 0 Å². The zero-order chi connectivity index (χ0) is 10.2. The van der Waals surface area contributed by atoms with E-state index in [1.54, 1.807) is 11.8 Å². The molecule has 4 heteroatoms. The molecule has 14 heavy (non-hydrogen) atoms. The second kappa shape index (κ2) is 6.90. The Morgan fingerprint density at radius 2 is 2.07 bits per heavy atom. The highest BCUT2D eigenvalue weighted by Crippen LogP contribution is 2.15. The summed E-state index contributed by atoms with van der Waals surface area (Å²) in [5.41, 5.74) is 0. The van der Waals surface area contributed by atoms with Gasteiger partial charge in [0.05, 0.1) is 5.75 Å². The Kier molecular flexibility index (Phi) is 5.71. The minimum Gasteiger partial charge on any atom is -0.355 e. The van der Waals surface area contributed by atoms with Gasteiger partial charge in [-0.05, 0) is 12.1 Å². The van der Waals surface area contributed by atoms with Gasteiger partial charge in [0.25, 0.3) is 0 Å². The van der Waals surface area contributed by atoms with Gasteiger partial charge in [0.2, 0.25) is 5.91 Å². The van der Waals surface area contributed by atoms with Gasteiger partial charge >= 0.3 is 0 Å². The van der Waals surface area contributed by atoms with Gasteiger partial charge < -0.3 is 5.32 Å². The Labute approximate surface area is 96.6 Å². The minimum atomic E-state index is 0.0818. The Balaban J connectivity index is 2.24. The number of carbonyl (C=O) groups is 1. The van der Waals surface area contributed by atoms with Crippen LogP contribution in [0, 0.1) is 0 Å². The fraction of sp³-hybridized carbons (Fsp3) is 0.300. The van der Waals surface area contributed by atoms with Crippen molar-refractivity contribution in [3.8, 4) is 0 Å². The Bertz CT molecular complexity index is 279. The predicted octanol–water partition coefficient (Wildman–Crippen LogP) is 2.29. The molecule has 1 aromatic carbocycles. The van der Waals surface area contributed by atoms with Gasteiger partial charge in [0, 0.05) is 16.8 Å². The monoisotopic (exact) mass is 273 g/mol. The van der Waals surface area contributed by atoms with E-state index < -0.39 is 0 Å². The van der Waals surface area contributed by atoms with Crippen LogP contribution in [0.2, 0.25) is 0 Å². The summed E-state index contributed by atoms with van der Waals surface area (Å²) >= 11 is 4.80. The first kappa shape index (κ1) is 11.6. The summed E-state index contributed by atoms with van der Waals surface area (Å²) in [6.45, 7) is 0.689. The van der Waals surface area contributed by atoms with Gasteiger partial charge in [-0.2, -0.15) is 0 Å². The third-order valence-corrected chi connectivity index (χ3v) is 2.94. The number of alkyl halides is 1. The first-order chi connectivity index (χ1) is 6.83. The number of benzene rings is 1. The van der Waals surface area contributed by atoms with E-state index in [0.29, 0.717) is 12.3 Å². The third kappa shape index (κ3) is 4.67. The van der Waals surface area contributed by atoms with Crippen molar-refractivity contribution in [2.45, 2.75) is 4.90 Å². The molecule has 0 aliphatic carbocycles. The lowest BCUT2D eigenvalue weighted by molar-refractivity contribution is -0.118. The average molecular weight is 274 g/mol. The molecule has 0 aromatic heterocycles. The van der Waals surface area contributed by atoms with Crippen molar-refractivity contribution in [1.29, 1.82) is 0 Å². The number of halogens is 1. The minimum absolute atomic E-state index is 0.0818. The van der Waals surface area contributed by atoms with E-state index in [-0.39, 0.29) is 5.91 Å². The molecule has 0 saturated carbocycles. The SMILES string of the molecule is O=C(CSc1ccccc1)NCCBr. The number of rotatable bonds is 5. The molecule has 0 unspecified atom stereocenters. The summed E-state index contributed by atoms with van der Waals surface area (Å²) in [6, 6.07) is 9.91. The van der Waals surface area contributed by atoms with Gasteiger partial charge in [-0.25, -0.2) is 0 Å². The van der Waals surface area contributed by atoms with E-state index in [1.807, 2.05) is 30.3 Å². The first-order valence-electron chi connectivity index (χ1n) is 4.33. The zero-order valence-electron chi connectivity index (χ0n) is 7.70. The maximum atomic E-state index is 11.2. The molecule has 0 bridgehead atoms.